The molecular formula is C28H48N14O6. The molecule has 2 fully saturated rings. The van der Waals surface area contributed by atoms with Crippen LogP contribution in [0.3, 0.4) is 0 Å². The highest BCUT2D eigenvalue weighted by molar-refractivity contribution is 5.22. The minimum atomic E-state index is 0.275. The van der Waals surface area contributed by atoms with Crippen molar-refractivity contribution in [2.24, 2.45) is 31.7 Å². The summed E-state index contributed by atoms with van der Waals surface area (Å²) < 4.78 is 0. The topological polar surface area (TPSA) is 202 Å². The number of rotatable bonds is 10. The van der Waals surface area contributed by atoms with Crippen LogP contribution >= 0.6 is 0 Å². The lowest BCUT2D eigenvalue weighted by atomic mass is 10.1. The molecule has 2 aliphatic heterocycles. The molecule has 0 spiro atoms. The fourth-order valence-corrected chi connectivity index (χ4v) is 5.77. The molecule has 0 saturated carbocycles. The van der Waals surface area contributed by atoms with Gasteiger partial charge in [0.1, 0.15) is 0 Å². The first kappa shape index (κ1) is 38.0. The molecule has 0 unspecified atom stereocenters. The predicted molar refractivity (Wildman–Crippen MR) is 180 cm³/mol. The first-order valence-electron chi connectivity index (χ1n) is 16.5. The van der Waals surface area contributed by atoms with Crippen LogP contribution in [0.25, 0.3) is 0 Å². The summed E-state index contributed by atoms with van der Waals surface area (Å²) >= 11 is 0. The van der Waals surface area contributed by atoms with E-state index in [9.17, 15) is 29.4 Å². The Morgan fingerprint density at radius 3 is 0.812 bits per heavy atom. The average molecular weight is 677 g/mol. The van der Waals surface area contributed by atoms with Gasteiger partial charge in [-0.1, -0.05) is 24.3 Å². The van der Waals surface area contributed by atoms with Crippen molar-refractivity contribution in [3.63, 3.8) is 0 Å². The summed E-state index contributed by atoms with van der Waals surface area (Å²) in [5.41, 5.74) is 2.18. The van der Waals surface area contributed by atoms with Gasteiger partial charge in [-0.05, 0) is 36.8 Å². The second kappa shape index (κ2) is 22.2. The quantitative estimate of drug-likeness (QED) is 0.327. The molecule has 0 radical (unpaired) electrons. The second-order valence-corrected chi connectivity index (χ2v) is 12.0. The number of hydrogen-bond acceptors (Lipinski definition) is 14. The molecule has 0 atom stereocenters. The molecule has 0 amide bonds. The van der Waals surface area contributed by atoms with E-state index >= 15 is 0 Å². The van der Waals surface area contributed by atoms with Crippen LogP contribution in [0.4, 0.5) is 0 Å². The molecule has 0 bridgehead atoms. The van der Waals surface area contributed by atoms with E-state index in [1.807, 2.05) is 0 Å². The maximum atomic E-state index is 11.5. The number of nitroso groups, excluding NO2 is 6. The third kappa shape index (κ3) is 14.1. The Balaban J connectivity index is 1.62. The van der Waals surface area contributed by atoms with Crippen molar-refractivity contribution in [1.29, 1.82) is 0 Å². The number of nitrogens with zero attached hydrogens (tertiary/aromatic N) is 14. The monoisotopic (exact) mass is 676 g/mol. The Morgan fingerprint density at radius 2 is 0.562 bits per heavy atom. The molecular weight excluding hydrogens is 628 g/mol. The average Bonchev–Trinajstić information content (AvgIpc) is 3.11. The van der Waals surface area contributed by atoms with E-state index in [4.69, 9.17) is 0 Å². The van der Waals surface area contributed by atoms with Crippen LogP contribution in [0.15, 0.2) is 56.0 Å². The molecule has 1 aromatic rings. The zero-order valence-corrected chi connectivity index (χ0v) is 27.6. The Bertz CT molecular complexity index is 1040. The van der Waals surface area contributed by atoms with E-state index in [-0.39, 0.29) is 26.2 Å². The molecule has 0 aliphatic carbocycles. The standard InChI is InChI=1S/C28H48N14O6/c43-29-37-13-3-15-41(33-47)23-21-39(31-45)11-1-9-35(17-19-37)25-27-5-7-28(8-6-27)26-36-10-2-12-40(32-46)22-24-42(34-48)16-4-14-38(30-44)20-18-36/h5-8H,1-4,9-26H2. The van der Waals surface area contributed by atoms with E-state index in [1.54, 1.807) is 0 Å². The van der Waals surface area contributed by atoms with E-state index in [0.717, 1.165) is 11.1 Å². The van der Waals surface area contributed by atoms with E-state index in [2.05, 4.69) is 65.8 Å². The minimum absolute atomic E-state index is 0.275. The second-order valence-electron chi connectivity index (χ2n) is 12.0. The van der Waals surface area contributed by atoms with Crippen LogP contribution in [-0.4, -0.2) is 145 Å². The smallest absolute Gasteiger partial charge is 0.0586 e. The van der Waals surface area contributed by atoms with Gasteiger partial charge in [0.25, 0.3) is 0 Å². The first-order valence-corrected chi connectivity index (χ1v) is 16.5. The third-order valence-electron chi connectivity index (χ3n) is 8.56. The van der Waals surface area contributed by atoms with E-state index in [0.29, 0.717) is 117 Å². The molecule has 0 aromatic heterocycles. The molecule has 20 nitrogen and oxygen atoms in total. The summed E-state index contributed by atoms with van der Waals surface area (Å²) in [5, 5.41) is 27.0. The largest absolute Gasteiger partial charge is 0.297 e. The Kier molecular flexibility index (Phi) is 17.5. The zero-order chi connectivity index (χ0) is 34.4. The van der Waals surface area contributed by atoms with Gasteiger partial charge in [0.15, 0.2) is 0 Å². The Morgan fingerprint density at radius 1 is 0.333 bits per heavy atom. The first-order chi connectivity index (χ1) is 23.5. The van der Waals surface area contributed by atoms with Crippen molar-refractivity contribution in [1.82, 2.24) is 39.9 Å². The van der Waals surface area contributed by atoms with Gasteiger partial charge in [0.05, 0.1) is 71.0 Å². The number of benzene rings is 1. The van der Waals surface area contributed by atoms with Gasteiger partial charge in [0, 0.05) is 78.5 Å². The lowest BCUT2D eigenvalue weighted by molar-refractivity contribution is 0.158. The van der Waals surface area contributed by atoms with Gasteiger partial charge >= 0.3 is 0 Å². The van der Waals surface area contributed by atoms with Crippen molar-refractivity contribution in [2.75, 3.05) is 105 Å². The van der Waals surface area contributed by atoms with Gasteiger partial charge in [-0.3, -0.25) is 39.9 Å². The van der Waals surface area contributed by atoms with Crippen molar-refractivity contribution >= 4 is 0 Å². The van der Waals surface area contributed by atoms with Gasteiger partial charge in [-0.25, -0.2) is 0 Å². The highest BCUT2D eigenvalue weighted by Crippen LogP contribution is 2.13. The van der Waals surface area contributed by atoms with Crippen LogP contribution in [-0.2, 0) is 13.1 Å². The fourth-order valence-electron chi connectivity index (χ4n) is 5.77. The molecule has 48 heavy (non-hydrogen) atoms. The molecule has 3 rings (SSSR count). The molecule has 20 heteroatoms. The van der Waals surface area contributed by atoms with E-state index in [1.165, 1.54) is 30.1 Å². The number of hydrogen-bond donors (Lipinski definition) is 0. The zero-order valence-electron chi connectivity index (χ0n) is 27.6. The molecule has 2 aliphatic rings. The Hall–Kier alpha value is -4.46. The summed E-state index contributed by atoms with van der Waals surface area (Å²) in [5.74, 6) is 0. The van der Waals surface area contributed by atoms with Crippen LogP contribution in [0.2, 0.25) is 0 Å². The van der Waals surface area contributed by atoms with E-state index < -0.39 is 0 Å². The third-order valence-corrected chi connectivity index (χ3v) is 8.56. The van der Waals surface area contributed by atoms with Crippen LogP contribution in [0, 0.1) is 29.4 Å². The van der Waals surface area contributed by atoms with Gasteiger partial charge in [0.2, 0.25) is 0 Å². The van der Waals surface area contributed by atoms with Crippen LogP contribution < -0.4 is 0 Å². The Labute approximate surface area is 280 Å². The van der Waals surface area contributed by atoms with Crippen LogP contribution in [0.1, 0.15) is 36.8 Å². The van der Waals surface area contributed by atoms with Crippen LogP contribution in [0.5, 0.6) is 0 Å². The lowest BCUT2D eigenvalue weighted by Crippen LogP contribution is -2.37. The summed E-state index contributed by atoms with van der Waals surface area (Å²) in [7, 11) is 0. The van der Waals surface area contributed by atoms with Gasteiger partial charge in [-0.15, -0.1) is 29.4 Å². The summed E-state index contributed by atoms with van der Waals surface area (Å²) in [6.07, 6.45) is 2.38. The fraction of sp³-hybridized carbons (Fsp3) is 0.786. The van der Waals surface area contributed by atoms with Crippen molar-refractivity contribution < 1.29 is 0 Å². The predicted octanol–water partition coefficient (Wildman–Crippen LogP) is 2.78. The molecule has 2 saturated heterocycles. The van der Waals surface area contributed by atoms with Gasteiger partial charge in [-0.2, -0.15) is 0 Å². The summed E-state index contributed by atoms with van der Waals surface area (Å²) in [6, 6.07) is 8.30. The summed E-state index contributed by atoms with van der Waals surface area (Å²) in [6.45, 7) is 8.14. The molecule has 266 valence electrons. The minimum Gasteiger partial charge on any atom is -0.297 e. The van der Waals surface area contributed by atoms with Crippen molar-refractivity contribution in [2.45, 2.75) is 38.8 Å². The van der Waals surface area contributed by atoms with Gasteiger partial charge < -0.3 is 0 Å². The lowest BCUT2D eigenvalue weighted by Gasteiger charge is -2.28. The normalized spacial score (nSPS) is 19.9. The SMILES string of the molecule is O=NN1CCCN(N=O)CCN(N=O)CCCN(Cc2ccc(CN3CCCN(N=O)CCN(N=O)CCCN(N=O)CC3)cc2)CC1. The highest BCUT2D eigenvalue weighted by Gasteiger charge is 2.17. The molecule has 2 heterocycles. The summed E-state index contributed by atoms with van der Waals surface area (Å²) in [4.78, 5) is 72.4. The highest BCUT2D eigenvalue weighted by atomic mass is 16.3. The molecule has 0 N–H and O–H groups in total. The molecule has 1 aromatic carbocycles. The van der Waals surface area contributed by atoms with Crippen molar-refractivity contribution in [3.05, 3.63) is 64.8 Å². The maximum absolute atomic E-state index is 11.5. The van der Waals surface area contributed by atoms with Crippen molar-refractivity contribution in [3.8, 4) is 0 Å². The maximum Gasteiger partial charge on any atom is 0.0586 e.